The van der Waals surface area contributed by atoms with Gasteiger partial charge in [-0.05, 0) is 34.1 Å². The average molecular weight is 345 g/mol. The third kappa shape index (κ3) is 10.1. The van der Waals surface area contributed by atoms with E-state index in [1.165, 1.54) is 0 Å². The minimum atomic E-state index is -0.847. The highest BCUT2D eigenvalue weighted by atomic mass is 16.5. The third-order valence-corrected chi connectivity index (χ3v) is 3.65. The predicted octanol–water partition coefficient (Wildman–Crippen LogP) is 0.440. The highest BCUT2D eigenvalue weighted by molar-refractivity contribution is 5.79. The number of nitrogens with zero attached hydrogens (tertiary/aromatic N) is 2. The molecule has 142 valence electrons. The predicted molar refractivity (Wildman–Crippen MR) is 97.6 cm³/mol. The van der Waals surface area contributed by atoms with Gasteiger partial charge in [-0.1, -0.05) is 0 Å². The summed E-state index contributed by atoms with van der Waals surface area (Å²) in [6, 6.07) is 0. The molecule has 3 N–H and O–H groups in total. The Morgan fingerprint density at radius 3 is 2.67 bits per heavy atom. The maximum absolute atomic E-state index is 10.6. The Morgan fingerprint density at radius 2 is 2.04 bits per heavy atom. The first-order valence-corrected chi connectivity index (χ1v) is 9.09. The van der Waals surface area contributed by atoms with Crippen molar-refractivity contribution in [3.63, 3.8) is 0 Å². The fourth-order valence-electron chi connectivity index (χ4n) is 2.48. The number of β-amino-alcohol motifs (C(OH)–C–C–N with tert-alkyl or cyclic N) is 1. The molecule has 0 aromatic heterocycles. The number of hydrogen-bond donors (Lipinski definition) is 3. The van der Waals surface area contributed by atoms with Gasteiger partial charge >= 0.3 is 0 Å². The number of hydrogen-bond acceptors (Lipinski definition) is 5. The summed E-state index contributed by atoms with van der Waals surface area (Å²) in [5, 5.41) is 17.1. The normalized spacial score (nSPS) is 19.3. The van der Waals surface area contributed by atoms with Gasteiger partial charge in [-0.25, -0.2) is 0 Å². The Labute approximate surface area is 146 Å². The number of aliphatic hydroxyl groups is 1. The van der Waals surface area contributed by atoms with Crippen molar-refractivity contribution in [1.82, 2.24) is 15.5 Å². The van der Waals surface area contributed by atoms with Crippen molar-refractivity contribution in [1.29, 1.82) is 0 Å². The van der Waals surface area contributed by atoms with Crippen LogP contribution in [0.5, 0.6) is 0 Å². The lowest BCUT2D eigenvalue weighted by atomic mass is 10.1. The molecule has 1 aliphatic heterocycles. The van der Waals surface area contributed by atoms with Crippen molar-refractivity contribution in [3.8, 4) is 0 Å². The second-order valence-electron chi connectivity index (χ2n) is 6.78. The van der Waals surface area contributed by atoms with Gasteiger partial charge < -0.3 is 25.2 Å². The van der Waals surface area contributed by atoms with Gasteiger partial charge in [0.05, 0.1) is 31.5 Å². The molecule has 24 heavy (non-hydrogen) atoms. The van der Waals surface area contributed by atoms with Crippen LogP contribution in [0.1, 0.15) is 34.1 Å². The van der Waals surface area contributed by atoms with E-state index < -0.39 is 5.60 Å². The maximum Gasteiger partial charge on any atom is 0.191 e. The fraction of sp³-hybridized carbons (Fsp3) is 0.941. The SMILES string of the molecule is CCNC(=NCC(C)(O)CN1CCOCC1)NCCCOC(C)C. The molecule has 1 heterocycles. The summed E-state index contributed by atoms with van der Waals surface area (Å²) in [4.78, 5) is 6.75. The van der Waals surface area contributed by atoms with Gasteiger partial charge in [0.2, 0.25) is 0 Å². The highest BCUT2D eigenvalue weighted by Crippen LogP contribution is 2.09. The standard InChI is InChI=1S/C17H36N4O3/c1-5-18-16(19-7-6-10-24-15(2)3)20-13-17(4,22)14-21-8-11-23-12-9-21/h15,22H,5-14H2,1-4H3,(H2,18,19,20). The number of ether oxygens (including phenoxy) is 2. The van der Waals surface area contributed by atoms with Crippen LogP contribution in [-0.4, -0.2) is 86.8 Å². The summed E-state index contributed by atoms with van der Waals surface area (Å²) < 4.78 is 10.9. The second kappa shape index (κ2) is 11.6. The molecule has 1 rings (SSSR count). The lowest BCUT2D eigenvalue weighted by Crippen LogP contribution is -2.48. The van der Waals surface area contributed by atoms with E-state index in [4.69, 9.17) is 9.47 Å². The fourth-order valence-corrected chi connectivity index (χ4v) is 2.48. The average Bonchev–Trinajstić information content (AvgIpc) is 2.52. The summed E-state index contributed by atoms with van der Waals surface area (Å²) >= 11 is 0. The van der Waals surface area contributed by atoms with Crippen LogP contribution in [0.25, 0.3) is 0 Å². The smallest absolute Gasteiger partial charge is 0.191 e. The zero-order chi connectivity index (χ0) is 17.8. The van der Waals surface area contributed by atoms with Crippen LogP contribution in [0.3, 0.4) is 0 Å². The van der Waals surface area contributed by atoms with E-state index in [2.05, 4.69) is 20.5 Å². The molecule has 1 unspecified atom stereocenters. The quantitative estimate of drug-likeness (QED) is 0.303. The van der Waals surface area contributed by atoms with Crippen LogP contribution in [0.4, 0.5) is 0 Å². The molecule has 0 bridgehead atoms. The first-order chi connectivity index (χ1) is 11.4. The maximum atomic E-state index is 10.6. The molecule has 0 saturated carbocycles. The lowest BCUT2D eigenvalue weighted by Gasteiger charge is -2.33. The molecule has 1 aliphatic rings. The Kier molecular flexibility index (Phi) is 10.2. The van der Waals surface area contributed by atoms with E-state index >= 15 is 0 Å². The van der Waals surface area contributed by atoms with Gasteiger partial charge in [-0.15, -0.1) is 0 Å². The minimum absolute atomic E-state index is 0.266. The minimum Gasteiger partial charge on any atom is -0.387 e. The lowest BCUT2D eigenvalue weighted by molar-refractivity contribution is -0.0180. The number of nitrogens with one attached hydrogen (secondary N) is 2. The highest BCUT2D eigenvalue weighted by Gasteiger charge is 2.25. The van der Waals surface area contributed by atoms with Gasteiger partial charge in [0, 0.05) is 39.3 Å². The van der Waals surface area contributed by atoms with Crippen LogP contribution in [-0.2, 0) is 9.47 Å². The third-order valence-electron chi connectivity index (χ3n) is 3.65. The summed E-state index contributed by atoms with van der Waals surface area (Å²) in [6.07, 6.45) is 1.19. The monoisotopic (exact) mass is 344 g/mol. The molecule has 0 aliphatic carbocycles. The van der Waals surface area contributed by atoms with Gasteiger partial charge in [-0.2, -0.15) is 0 Å². The van der Waals surface area contributed by atoms with Gasteiger partial charge in [0.1, 0.15) is 0 Å². The summed E-state index contributed by atoms with van der Waals surface area (Å²) in [5.74, 6) is 0.740. The van der Waals surface area contributed by atoms with E-state index in [0.717, 1.165) is 58.4 Å². The molecular weight excluding hydrogens is 308 g/mol. The molecule has 1 saturated heterocycles. The number of morpholine rings is 1. The van der Waals surface area contributed by atoms with Crippen molar-refractivity contribution in [2.45, 2.75) is 45.8 Å². The zero-order valence-corrected chi connectivity index (χ0v) is 15.8. The Morgan fingerprint density at radius 1 is 1.33 bits per heavy atom. The number of guanidine groups is 1. The molecule has 0 amide bonds. The molecule has 7 nitrogen and oxygen atoms in total. The number of rotatable bonds is 10. The van der Waals surface area contributed by atoms with Crippen molar-refractivity contribution in [2.75, 3.05) is 59.1 Å². The first kappa shape index (κ1) is 21.2. The molecular formula is C17H36N4O3. The molecule has 0 spiro atoms. The van der Waals surface area contributed by atoms with Crippen LogP contribution >= 0.6 is 0 Å². The van der Waals surface area contributed by atoms with Crippen molar-refractivity contribution >= 4 is 5.96 Å². The Hall–Kier alpha value is -0.890. The summed E-state index contributed by atoms with van der Waals surface area (Å²) in [7, 11) is 0. The molecule has 0 aromatic rings. The van der Waals surface area contributed by atoms with Gasteiger partial charge in [0.15, 0.2) is 5.96 Å². The molecule has 0 radical (unpaired) electrons. The molecule has 1 fully saturated rings. The van der Waals surface area contributed by atoms with E-state index in [1.807, 2.05) is 27.7 Å². The van der Waals surface area contributed by atoms with E-state index in [0.29, 0.717) is 13.1 Å². The van der Waals surface area contributed by atoms with Gasteiger partial charge in [0.25, 0.3) is 0 Å². The Bertz CT molecular complexity index is 356. The van der Waals surface area contributed by atoms with Crippen molar-refractivity contribution in [2.24, 2.45) is 4.99 Å². The Balaban J connectivity index is 2.36. The van der Waals surface area contributed by atoms with Crippen LogP contribution in [0.15, 0.2) is 4.99 Å². The van der Waals surface area contributed by atoms with Crippen LogP contribution < -0.4 is 10.6 Å². The second-order valence-corrected chi connectivity index (χ2v) is 6.78. The van der Waals surface area contributed by atoms with E-state index in [1.54, 1.807) is 0 Å². The summed E-state index contributed by atoms with van der Waals surface area (Å²) in [6.45, 7) is 14.5. The van der Waals surface area contributed by atoms with E-state index in [9.17, 15) is 5.11 Å². The molecule has 1 atom stereocenters. The molecule has 0 aromatic carbocycles. The molecule has 7 heteroatoms. The van der Waals surface area contributed by atoms with Crippen molar-refractivity contribution < 1.29 is 14.6 Å². The van der Waals surface area contributed by atoms with E-state index in [-0.39, 0.29) is 6.10 Å². The zero-order valence-electron chi connectivity index (χ0n) is 15.8. The first-order valence-electron chi connectivity index (χ1n) is 9.09. The number of aliphatic imine (C=N–C) groups is 1. The van der Waals surface area contributed by atoms with Crippen molar-refractivity contribution in [3.05, 3.63) is 0 Å². The summed E-state index contributed by atoms with van der Waals surface area (Å²) in [5.41, 5.74) is -0.847. The largest absolute Gasteiger partial charge is 0.387 e. The van der Waals surface area contributed by atoms with Gasteiger partial charge in [-0.3, -0.25) is 9.89 Å². The topological polar surface area (TPSA) is 78.4 Å². The van der Waals surface area contributed by atoms with Crippen LogP contribution in [0.2, 0.25) is 0 Å². The van der Waals surface area contributed by atoms with Crippen LogP contribution in [0, 0.1) is 0 Å².